The van der Waals surface area contributed by atoms with E-state index in [2.05, 4.69) is 0 Å². The molecule has 0 saturated carbocycles. The molecule has 3 rings (SSSR count). The standard InChI is InChI=1S/C21H18O8/c1-11(20(23)24)27-14-8-17(28-12(2)21(25)26)19-15(22)10-16(29-18(19)9-14)13-6-4-3-5-7-13/h3-12H,1-2H3,(H,23,24)(H,25,26)/p-2/t11-,12+/m0/s1. The Kier molecular flexibility index (Phi) is 5.54. The number of rotatable bonds is 7. The lowest BCUT2D eigenvalue weighted by Crippen LogP contribution is -2.37. The van der Waals surface area contributed by atoms with Gasteiger partial charge in [-0.05, 0) is 13.8 Å². The fourth-order valence-electron chi connectivity index (χ4n) is 2.62. The normalized spacial score (nSPS) is 12.9. The number of carboxylic acid groups (broad SMARTS) is 2. The van der Waals surface area contributed by atoms with Crippen LogP contribution in [0.4, 0.5) is 0 Å². The van der Waals surface area contributed by atoms with E-state index >= 15 is 0 Å². The van der Waals surface area contributed by atoms with Crippen LogP contribution in [0.2, 0.25) is 0 Å². The zero-order valence-electron chi connectivity index (χ0n) is 15.5. The van der Waals surface area contributed by atoms with Crippen LogP contribution < -0.4 is 25.1 Å². The molecule has 2 atom stereocenters. The summed E-state index contributed by atoms with van der Waals surface area (Å²) in [6, 6.07) is 12.7. The molecule has 150 valence electrons. The molecule has 0 N–H and O–H groups in total. The summed E-state index contributed by atoms with van der Waals surface area (Å²) in [5.41, 5.74) is 0.219. The lowest BCUT2D eigenvalue weighted by molar-refractivity contribution is -0.313. The Bertz CT molecular complexity index is 1120. The number of carbonyl (C=O) groups is 2. The Morgan fingerprint density at radius 2 is 1.55 bits per heavy atom. The van der Waals surface area contributed by atoms with E-state index < -0.39 is 29.6 Å². The van der Waals surface area contributed by atoms with Crippen molar-refractivity contribution in [3.63, 3.8) is 0 Å². The molecule has 8 heteroatoms. The largest absolute Gasteiger partial charge is 0.546 e. The third kappa shape index (κ3) is 4.37. The van der Waals surface area contributed by atoms with Gasteiger partial charge < -0.3 is 33.7 Å². The van der Waals surface area contributed by atoms with Crippen molar-refractivity contribution < 1.29 is 33.7 Å². The number of carboxylic acids is 2. The van der Waals surface area contributed by atoms with Crippen molar-refractivity contribution in [3.8, 4) is 22.8 Å². The predicted molar refractivity (Wildman–Crippen MR) is 98.1 cm³/mol. The lowest BCUT2D eigenvalue weighted by atomic mass is 10.1. The minimum atomic E-state index is -1.49. The molecule has 0 bridgehead atoms. The molecule has 0 unspecified atom stereocenters. The summed E-state index contributed by atoms with van der Waals surface area (Å²) in [4.78, 5) is 34.8. The minimum Gasteiger partial charge on any atom is -0.546 e. The Morgan fingerprint density at radius 3 is 2.17 bits per heavy atom. The summed E-state index contributed by atoms with van der Waals surface area (Å²) < 4.78 is 16.4. The molecule has 0 aliphatic heterocycles. The summed E-state index contributed by atoms with van der Waals surface area (Å²) in [6.07, 6.45) is -2.68. The van der Waals surface area contributed by atoms with Crippen LogP contribution in [-0.4, -0.2) is 24.1 Å². The van der Waals surface area contributed by atoms with Crippen molar-refractivity contribution in [3.05, 3.63) is 58.8 Å². The van der Waals surface area contributed by atoms with Gasteiger partial charge in [0, 0.05) is 23.8 Å². The molecule has 0 saturated heterocycles. The number of hydrogen-bond acceptors (Lipinski definition) is 8. The Morgan fingerprint density at radius 1 is 0.931 bits per heavy atom. The Balaban J connectivity index is 2.19. The van der Waals surface area contributed by atoms with Crippen LogP contribution in [0, 0.1) is 0 Å². The van der Waals surface area contributed by atoms with Gasteiger partial charge in [-0.1, -0.05) is 30.3 Å². The van der Waals surface area contributed by atoms with Crippen LogP contribution in [0.25, 0.3) is 22.3 Å². The zero-order valence-corrected chi connectivity index (χ0v) is 15.5. The van der Waals surface area contributed by atoms with Gasteiger partial charge in [-0.25, -0.2) is 0 Å². The van der Waals surface area contributed by atoms with Gasteiger partial charge in [0.25, 0.3) is 0 Å². The van der Waals surface area contributed by atoms with Crippen LogP contribution >= 0.6 is 0 Å². The quantitative estimate of drug-likeness (QED) is 0.564. The topological polar surface area (TPSA) is 129 Å². The summed E-state index contributed by atoms with van der Waals surface area (Å²) in [6.45, 7) is 2.50. The average molecular weight is 396 g/mol. The molecule has 1 aromatic heterocycles. The van der Waals surface area contributed by atoms with E-state index in [0.29, 0.717) is 5.56 Å². The highest BCUT2D eigenvalue weighted by Crippen LogP contribution is 2.33. The molecule has 29 heavy (non-hydrogen) atoms. The fraction of sp³-hybridized carbons (Fsp3) is 0.190. The SMILES string of the molecule is C[C@H](Oc1cc(O[C@H](C)C(=O)[O-])c2c(=O)cc(-c3ccccc3)oc2c1)C(=O)[O-]. The van der Waals surface area contributed by atoms with Crippen LogP contribution in [0.1, 0.15) is 13.8 Å². The van der Waals surface area contributed by atoms with Crippen molar-refractivity contribution in [2.45, 2.75) is 26.1 Å². The van der Waals surface area contributed by atoms with Crippen LogP contribution in [0.5, 0.6) is 11.5 Å². The Hall–Kier alpha value is -3.81. The summed E-state index contributed by atoms with van der Waals surface area (Å²) >= 11 is 0. The average Bonchev–Trinajstić information content (AvgIpc) is 2.67. The van der Waals surface area contributed by atoms with E-state index in [4.69, 9.17) is 13.9 Å². The molecule has 0 aliphatic rings. The van der Waals surface area contributed by atoms with Gasteiger partial charge in [-0.15, -0.1) is 0 Å². The molecule has 1 heterocycles. The van der Waals surface area contributed by atoms with E-state index in [0.717, 1.165) is 0 Å². The summed E-state index contributed by atoms with van der Waals surface area (Å²) in [7, 11) is 0. The highest BCUT2D eigenvalue weighted by atomic mass is 16.5. The number of ether oxygens (including phenoxy) is 2. The van der Waals surface area contributed by atoms with Crippen LogP contribution in [0.15, 0.2) is 57.7 Å². The number of benzene rings is 2. The second-order valence-corrected chi connectivity index (χ2v) is 6.29. The predicted octanol–water partition coefficient (Wildman–Crippen LogP) is 0.494. The van der Waals surface area contributed by atoms with Gasteiger partial charge >= 0.3 is 0 Å². The molecule has 3 aromatic rings. The third-order valence-corrected chi connectivity index (χ3v) is 4.11. The van der Waals surface area contributed by atoms with Crippen molar-refractivity contribution in [1.82, 2.24) is 0 Å². The molecule has 0 fully saturated rings. The highest BCUT2D eigenvalue weighted by molar-refractivity contribution is 5.87. The van der Waals surface area contributed by atoms with Gasteiger partial charge in [0.1, 0.15) is 40.4 Å². The first-order valence-electron chi connectivity index (χ1n) is 8.68. The van der Waals surface area contributed by atoms with E-state index in [9.17, 15) is 24.6 Å². The molecule has 8 nitrogen and oxygen atoms in total. The maximum absolute atomic E-state index is 12.7. The highest BCUT2D eigenvalue weighted by Gasteiger charge is 2.18. The number of aliphatic carboxylic acids is 2. The molecule has 0 spiro atoms. The second kappa shape index (κ2) is 8.05. The van der Waals surface area contributed by atoms with Crippen LogP contribution in [-0.2, 0) is 9.59 Å². The molecule has 0 radical (unpaired) electrons. The van der Waals surface area contributed by atoms with Crippen molar-refractivity contribution >= 4 is 22.9 Å². The molecule has 0 aliphatic carbocycles. The third-order valence-electron chi connectivity index (χ3n) is 4.11. The molecule has 2 aromatic carbocycles. The first kappa shape index (κ1) is 19.9. The number of fused-ring (bicyclic) bond motifs is 1. The second-order valence-electron chi connectivity index (χ2n) is 6.29. The van der Waals surface area contributed by atoms with Crippen LogP contribution in [0.3, 0.4) is 0 Å². The van der Waals surface area contributed by atoms with Gasteiger partial charge in [0.05, 0.1) is 11.9 Å². The maximum atomic E-state index is 12.7. The van der Waals surface area contributed by atoms with Crippen molar-refractivity contribution in [1.29, 1.82) is 0 Å². The minimum absolute atomic E-state index is 0.00288. The smallest absolute Gasteiger partial charge is 0.197 e. The molecular formula is C21H16O8-2. The van der Waals surface area contributed by atoms with Crippen molar-refractivity contribution in [2.75, 3.05) is 0 Å². The summed E-state index contributed by atoms with van der Waals surface area (Å²) in [5.74, 6) is -2.80. The zero-order chi connectivity index (χ0) is 21.1. The molecular weight excluding hydrogens is 380 g/mol. The van der Waals surface area contributed by atoms with Gasteiger partial charge in [0.2, 0.25) is 0 Å². The van der Waals surface area contributed by atoms with Gasteiger partial charge in [-0.3, -0.25) is 4.79 Å². The lowest BCUT2D eigenvalue weighted by Gasteiger charge is -2.19. The Labute approximate surface area is 164 Å². The van der Waals surface area contributed by atoms with E-state index in [1.807, 2.05) is 6.07 Å². The first-order valence-corrected chi connectivity index (χ1v) is 8.68. The van der Waals surface area contributed by atoms with Gasteiger partial charge in [0.15, 0.2) is 5.43 Å². The van der Waals surface area contributed by atoms with E-state index in [1.54, 1.807) is 24.3 Å². The first-order chi connectivity index (χ1) is 13.8. The number of hydrogen-bond donors (Lipinski definition) is 0. The fourth-order valence-corrected chi connectivity index (χ4v) is 2.62. The summed E-state index contributed by atoms with van der Waals surface area (Å²) in [5, 5.41) is 22.0. The number of carbonyl (C=O) groups excluding carboxylic acids is 2. The van der Waals surface area contributed by atoms with Gasteiger partial charge in [-0.2, -0.15) is 0 Å². The molecule has 0 amide bonds. The monoisotopic (exact) mass is 396 g/mol. The van der Waals surface area contributed by atoms with E-state index in [1.165, 1.54) is 32.0 Å². The maximum Gasteiger partial charge on any atom is 0.197 e. The van der Waals surface area contributed by atoms with Crippen molar-refractivity contribution in [2.24, 2.45) is 0 Å². The van der Waals surface area contributed by atoms with E-state index in [-0.39, 0.29) is 28.2 Å².